The van der Waals surface area contributed by atoms with E-state index in [0.717, 1.165) is 6.07 Å². The summed E-state index contributed by atoms with van der Waals surface area (Å²) in [5.74, 6) is -2.45. The lowest BCUT2D eigenvalue weighted by Gasteiger charge is -2.03. The SMILES string of the molecule is O=C(c1c(F)cccc1Br)C(F)F. The van der Waals surface area contributed by atoms with Crippen LogP contribution >= 0.6 is 15.9 Å². The van der Waals surface area contributed by atoms with Crippen LogP contribution in [0.1, 0.15) is 10.4 Å². The summed E-state index contributed by atoms with van der Waals surface area (Å²) >= 11 is 2.82. The van der Waals surface area contributed by atoms with Gasteiger partial charge >= 0.3 is 6.43 Å². The van der Waals surface area contributed by atoms with Crippen LogP contribution in [0.15, 0.2) is 22.7 Å². The first-order chi connectivity index (χ1) is 6.04. The molecule has 0 atom stereocenters. The minimum atomic E-state index is -3.19. The number of ketones is 1. The normalized spacial score (nSPS) is 10.5. The summed E-state index contributed by atoms with van der Waals surface area (Å²) in [5.41, 5.74) is -0.600. The molecule has 1 aromatic rings. The maximum Gasteiger partial charge on any atom is 0.300 e. The predicted molar refractivity (Wildman–Crippen MR) is 44.4 cm³/mol. The highest BCUT2D eigenvalue weighted by molar-refractivity contribution is 9.10. The maximum absolute atomic E-state index is 12.9. The van der Waals surface area contributed by atoms with Gasteiger partial charge in [0.2, 0.25) is 5.78 Å². The van der Waals surface area contributed by atoms with Gasteiger partial charge in [-0.1, -0.05) is 6.07 Å². The van der Waals surface area contributed by atoms with Crippen LogP contribution in [-0.4, -0.2) is 12.2 Å². The summed E-state index contributed by atoms with van der Waals surface area (Å²) in [6.07, 6.45) is -3.19. The number of benzene rings is 1. The van der Waals surface area contributed by atoms with Crippen LogP contribution < -0.4 is 0 Å². The van der Waals surface area contributed by atoms with Gasteiger partial charge in [0.05, 0.1) is 5.56 Å². The van der Waals surface area contributed by atoms with Crippen molar-refractivity contribution in [3.8, 4) is 0 Å². The topological polar surface area (TPSA) is 17.1 Å². The largest absolute Gasteiger partial charge is 0.300 e. The average molecular weight is 253 g/mol. The van der Waals surface area contributed by atoms with Crippen molar-refractivity contribution in [1.29, 1.82) is 0 Å². The lowest BCUT2D eigenvalue weighted by atomic mass is 10.1. The van der Waals surface area contributed by atoms with E-state index in [1.54, 1.807) is 0 Å². The molecule has 0 aliphatic carbocycles. The monoisotopic (exact) mass is 252 g/mol. The third-order valence-electron chi connectivity index (χ3n) is 1.41. The van der Waals surface area contributed by atoms with E-state index in [2.05, 4.69) is 15.9 Å². The Bertz CT molecular complexity index is 318. The van der Waals surface area contributed by atoms with E-state index in [-0.39, 0.29) is 4.47 Å². The van der Waals surface area contributed by atoms with Gasteiger partial charge in [-0.15, -0.1) is 0 Å². The molecular formula is C8H4BrF3O. The Morgan fingerprint density at radius 2 is 2.00 bits per heavy atom. The summed E-state index contributed by atoms with van der Waals surface area (Å²) in [7, 11) is 0. The van der Waals surface area contributed by atoms with Crippen LogP contribution in [0.25, 0.3) is 0 Å². The first-order valence-electron chi connectivity index (χ1n) is 3.30. The molecule has 0 saturated carbocycles. The molecule has 5 heteroatoms. The summed E-state index contributed by atoms with van der Waals surface area (Å²) in [6.45, 7) is 0. The van der Waals surface area contributed by atoms with Gasteiger partial charge in [0, 0.05) is 4.47 Å². The molecule has 0 heterocycles. The van der Waals surface area contributed by atoms with E-state index >= 15 is 0 Å². The number of rotatable bonds is 2. The lowest BCUT2D eigenvalue weighted by Crippen LogP contribution is -2.12. The minimum Gasteiger partial charge on any atom is -0.288 e. The Balaban J connectivity index is 3.20. The zero-order chi connectivity index (χ0) is 10.0. The van der Waals surface area contributed by atoms with Crippen molar-refractivity contribution in [1.82, 2.24) is 0 Å². The molecule has 1 aromatic carbocycles. The number of halogens is 4. The number of hydrogen-bond acceptors (Lipinski definition) is 1. The van der Waals surface area contributed by atoms with E-state index in [1.807, 2.05) is 0 Å². The summed E-state index contributed by atoms with van der Waals surface area (Å²) < 4.78 is 36.8. The summed E-state index contributed by atoms with van der Waals surface area (Å²) in [6, 6.07) is 3.61. The zero-order valence-electron chi connectivity index (χ0n) is 6.23. The van der Waals surface area contributed by atoms with Gasteiger partial charge < -0.3 is 0 Å². The smallest absolute Gasteiger partial charge is 0.288 e. The third-order valence-corrected chi connectivity index (χ3v) is 2.07. The first kappa shape index (κ1) is 10.2. The number of carbonyl (C=O) groups excluding carboxylic acids is 1. The molecule has 0 saturated heterocycles. The van der Waals surface area contributed by atoms with Crippen molar-refractivity contribution in [2.75, 3.05) is 0 Å². The molecule has 1 rings (SSSR count). The van der Waals surface area contributed by atoms with Crippen molar-refractivity contribution in [3.05, 3.63) is 34.1 Å². The second kappa shape index (κ2) is 3.91. The number of alkyl halides is 2. The maximum atomic E-state index is 12.9. The Labute approximate surface area is 80.7 Å². The summed E-state index contributed by atoms with van der Waals surface area (Å²) in [4.78, 5) is 10.8. The number of hydrogen-bond donors (Lipinski definition) is 0. The minimum absolute atomic E-state index is 0.0396. The van der Waals surface area contributed by atoms with Gasteiger partial charge in [-0.25, -0.2) is 13.2 Å². The van der Waals surface area contributed by atoms with E-state index < -0.39 is 23.6 Å². The molecular weight excluding hydrogens is 249 g/mol. The van der Waals surface area contributed by atoms with Gasteiger partial charge in [0.1, 0.15) is 5.82 Å². The lowest BCUT2D eigenvalue weighted by molar-refractivity contribution is 0.0673. The van der Waals surface area contributed by atoms with Crippen LogP contribution in [0.2, 0.25) is 0 Å². The van der Waals surface area contributed by atoms with E-state index in [1.165, 1.54) is 12.1 Å². The Morgan fingerprint density at radius 3 is 2.46 bits per heavy atom. The van der Waals surface area contributed by atoms with Crippen molar-refractivity contribution in [2.24, 2.45) is 0 Å². The summed E-state index contributed by atoms with van der Waals surface area (Å²) in [5, 5.41) is 0. The van der Waals surface area contributed by atoms with Crippen molar-refractivity contribution < 1.29 is 18.0 Å². The fourth-order valence-electron chi connectivity index (χ4n) is 0.842. The van der Waals surface area contributed by atoms with Gasteiger partial charge in [0.25, 0.3) is 0 Å². The molecule has 13 heavy (non-hydrogen) atoms. The fourth-order valence-corrected chi connectivity index (χ4v) is 1.38. The Kier molecular flexibility index (Phi) is 3.08. The van der Waals surface area contributed by atoms with Crippen molar-refractivity contribution in [3.63, 3.8) is 0 Å². The molecule has 0 spiro atoms. The standard InChI is InChI=1S/C8H4BrF3O/c9-4-2-1-3-5(10)6(4)7(13)8(11)12/h1-3,8H. The molecule has 0 radical (unpaired) electrons. The molecule has 0 aromatic heterocycles. The second-order valence-electron chi connectivity index (χ2n) is 2.26. The van der Waals surface area contributed by atoms with E-state index in [0.29, 0.717) is 0 Å². The molecule has 0 fully saturated rings. The van der Waals surface area contributed by atoms with E-state index in [9.17, 15) is 18.0 Å². The first-order valence-corrected chi connectivity index (χ1v) is 4.09. The van der Waals surface area contributed by atoms with Gasteiger partial charge in [0.15, 0.2) is 0 Å². The zero-order valence-corrected chi connectivity index (χ0v) is 7.82. The molecule has 0 N–H and O–H groups in total. The van der Waals surface area contributed by atoms with Crippen LogP contribution in [0.4, 0.5) is 13.2 Å². The number of carbonyl (C=O) groups is 1. The molecule has 0 bridgehead atoms. The highest BCUT2D eigenvalue weighted by atomic mass is 79.9. The quantitative estimate of drug-likeness (QED) is 0.740. The van der Waals surface area contributed by atoms with Crippen LogP contribution in [-0.2, 0) is 0 Å². The van der Waals surface area contributed by atoms with Crippen LogP contribution in [0, 0.1) is 5.82 Å². The third kappa shape index (κ3) is 2.09. The van der Waals surface area contributed by atoms with Crippen LogP contribution in [0.5, 0.6) is 0 Å². The van der Waals surface area contributed by atoms with E-state index in [4.69, 9.17) is 0 Å². The van der Waals surface area contributed by atoms with Gasteiger partial charge in [-0.2, -0.15) is 0 Å². The van der Waals surface area contributed by atoms with Crippen LogP contribution in [0.3, 0.4) is 0 Å². The molecule has 0 aliphatic heterocycles. The predicted octanol–water partition coefficient (Wildman–Crippen LogP) is 3.04. The number of Topliss-reactive ketones (excluding diaryl/α,β-unsaturated/α-hetero) is 1. The Hall–Kier alpha value is -0.840. The van der Waals surface area contributed by atoms with Gasteiger partial charge in [-0.05, 0) is 28.1 Å². The van der Waals surface area contributed by atoms with Crippen molar-refractivity contribution in [2.45, 2.75) is 6.43 Å². The fraction of sp³-hybridized carbons (Fsp3) is 0.125. The molecule has 70 valence electrons. The highest BCUT2D eigenvalue weighted by Gasteiger charge is 2.23. The second-order valence-corrected chi connectivity index (χ2v) is 3.12. The average Bonchev–Trinajstić information content (AvgIpc) is 2.03. The van der Waals surface area contributed by atoms with Gasteiger partial charge in [-0.3, -0.25) is 4.79 Å². The van der Waals surface area contributed by atoms with Crippen molar-refractivity contribution >= 4 is 21.7 Å². The molecule has 0 aliphatic rings. The molecule has 0 amide bonds. The Morgan fingerprint density at radius 1 is 1.38 bits per heavy atom. The highest BCUT2D eigenvalue weighted by Crippen LogP contribution is 2.22. The molecule has 1 nitrogen and oxygen atoms in total. The molecule has 0 unspecified atom stereocenters.